The average molecular weight is 304 g/mol. The smallest absolute Gasteiger partial charge is 0.407 e. The molecular formula is C13H24N2O6. The van der Waals surface area contributed by atoms with Gasteiger partial charge in [0.2, 0.25) is 0 Å². The standard InChI is InChI=1S/C13H24N2O6/c1-8(7-14-11(17)21-13(2,3)4)9(10(16)19-5)15-12(18)20-6/h8-9H,7H2,1-6H3,(H,14,17)(H,15,18)/t8?,9-/m1/s1. The zero-order valence-corrected chi connectivity index (χ0v) is 13.3. The van der Waals surface area contributed by atoms with Crippen LogP contribution in [0.4, 0.5) is 9.59 Å². The molecule has 0 aliphatic carbocycles. The van der Waals surface area contributed by atoms with Gasteiger partial charge in [-0.05, 0) is 20.8 Å². The van der Waals surface area contributed by atoms with Crippen molar-refractivity contribution in [3.05, 3.63) is 0 Å². The largest absolute Gasteiger partial charge is 0.467 e. The first-order valence-corrected chi connectivity index (χ1v) is 6.50. The molecule has 0 aliphatic rings. The van der Waals surface area contributed by atoms with Gasteiger partial charge in [-0.15, -0.1) is 0 Å². The maximum Gasteiger partial charge on any atom is 0.407 e. The molecule has 0 aromatic heterocycles. The molecule has 8 heteroatoms. The van der Waals surface area contributed by atoms with Gasteiger partial charge in [0.15, 0.2) is 0 Å². The highest BCUT2D eigenvalue weighted by molar-refractivity contribution is 5.81. The lowest BCUT2D eigenvalue weighted by Gasteiger charge is -2.24. The van der Waals surface area contributed by atoms with E-state index in [0.29, 0.717) is 0 Å². The van der Waals surface area contributed by atoms with Crippen LogP contribution < -0.4 is 10.6 Å². The van der Waals surface area contributed by atoms with Gasteiger partial charge in [0, 0.05) is 12.5 Å². The minimum atomic E-state index is -0.933. The summed E-state index contributed by atoms with van der Waals surface area (Å²) in [7, 11) is 2.40. The minimum absolute atomic E-state index is 0.124. The summed E-state index contributed by atoms with van der Waals surface area (Å²) in [6.45, 7) is 7.03. The molecule has 0 bridgehead atoms. The second-order valence-electron chi connectivity index (χ2n) is 5.50. The quantitative estimate of drug-likeness (QED) is 0.581. The van der Waals surface area contributed by atoms with E-state index >= 15 is 0 Å². The van der Waals surface area contributed by atoms with Gasteiger partial charge in [0.1, 0.15) is 11.6 Å². The Morgan fingerprint density at radius 3 is 2.05 bits per heavy atom. The van der Waals surface area contributed by atoms with Crippen molar-refractivity contribution in [1.82, 2.24) is 10.6 Å². The molecule has 0 saturated heterocycles. The van der Waals surface area contributed by atoms with E-state index in [4.69, 9.17) is 4.74 Å². The summed E-state index contributed by atoms with van der Waals surface area (Å²) in [6, 6.07) is -0.933. The summed E-state index contributed by atoms with van der Waals surface area (Å²) >= 11 is 0. The van der Waals surface area contributed by atoms with Gasteiger partial charge in [0.25, 0.3) is 0 Å². The molecule has 8 nitrogen and oxygen atoms in total. The fourth-order valence-electron chi connectivity index (χ4n) is 1.42. The normalized spacial score (nSPS) is 13.6. The molecule has 21 heavy (non-hydrogen) atoms. The number of ether oxygens (including phenoxy) is 3. The Bertz CT molecular complexity index is 377. The van der Waals surface area contributed by atoms with E-state index in [1.807, 2.05) is 0 Å². The molecule has 2 amide bonds. The zero-order valence-electron chi connectivity index (χ0n) is 13.3. The SMILES string of the molecule is COC(=O)N[C@@H](C(=O)OC)C(C)CNC(=O)OC(C)(C)C. The van der Waals surface area contributed by atoms with Gasteiger partial charge in [-0.2, -0.15) is 0 Å². The summed E-state index contributed by atoms with van der Waals surface area (Å²) in [4.78, 5) is 34.4. The van der Waals surface area contributed by atoms with Crippen molar-refractivity contribution in [3.63, 3.8) is 0 Å². The van der Waals surface area contributed by atoms with E-state index in [-0.39, 0.29) is 6.54 Å². The summed E-state index contributed by atoms with van der Waals surface area (Å²) in [5.41, 5.74) is -0.612. The molecular weight excluding hydrogens is 280 g/mol. The van der Waals surface area contributed by atoms with Crippen LogP contribution in [-0.4, -0.2) is 50.6 Å². The summed E-state index contributed by atoms with van der Waals surface area (Å²) in [5.74, 6) is -1.04. The number of rotatable bonds is 5. The van der Waals surface area contributed by atoms with Gasteiger partial charge in [-0.3, -0.25) is 0 Å². The van der Waals surface area contributed by atoms with E-state index < -0.39 is 35.7 Å². The maximum atomic E-state index is 11.6. The third kappa shape index (κ3) is 8.01. The highest BCUT2D eigenvalue weighted by atomic mass is 16.6. The molecule has 0 radical (unpaired) electrons. The fourth-order valence-corrected chi connectivity index (χ4v) is 1.42. The lowest BCUT2D eigenvalue weighted by Crippen LogP contribution is -2.49. The number of amides is 2. The highest BCUT2D eigenvalue weighted by Gasteiger charge is 2.29. The number of carbonyl (C=O) groups is 3. The Kier molecular flexibility index (Phi) is 7.54. The van der Waals surface area contributed by atoms with Crippen molar-refractivity contribution >= 4 is 18.2 Å². The van der Waals surface area contributed by atoms with E-state index in [1.165, 1.54) is 14.2 Å². The van der Waals surface area contributed by atoms with E-state index in [2.05, 4.69) is 20.1 Å². The van der Waals surface area contributed by atoms with Crippen LogP contribution in [0, 0.1) is 5.92 Å². The zero-order chi connectivity index (χ0) is 16.6. The Morgan fingerprint density at radius 1 is 1.05 bits per heavy atom. The van der Waals surface area contributed by atoms with Crippen LogP contribution in [0.3, 0.4) is 0 Å². The van der Waals surface area contributed by atoms with Crippen LogP contribution >= 0.6 is 0 Å². The first-order chi connectivity index (χ1) is 9.60. The monoisotopic (exact) mass is 304 g/mol. The Balaban J connectivity index is 4.54. The van der Waals surface area contributed by atoms with Crippen LogP contribution in [0.2, 0.25) is 0 Å². The third-order valence-corrected chi connectivity index (χ3v) is 2.45. The second kappa shape index (κ2) is 8.33. The Morgan fingerprint density at radius 2 is 1.62 bits per heavy atom. The molecule has 2 atom stereocenters. The Hall–Kier alpha value is -1.99. The predicted molar refractivity (Wildman–Crippen MR) is 74.7 cm³/mol. The van der Waals surface area contributed by atoms with Crippen molar-refractivity contribution in [1.29, 1.82) is 0 Å². The van der Waals surface area contributed by atoms with Crippen molar-refractivity contribution in [2.75, 3.05) is 20.8 Å². The highest BCUT2D eigenvalue weighted by Crippen LogP contribution is 2.08. The lowest BCUT2D eigenvalue weighted by molar-refractivity contribution is -0.144. The first kappa shape index (κ1) is 19.0. The molecule has 0 saturated carbocycles. The second-order valence-corrected chi connectivity index (χ2v) is 5.50. The van der Waals surface area contributed by atoms with Gasteiger partial charge in [0.05, 0.1) is 14.2 Å². The third-order valence-electron chi connectivity index (χ3n) is 2.45. The van der Waals surface area contributed by atoms with Crippen LogP contribution in [0.1, 0.15) is 27.7 Å². The lowest BCUT2D eigenvalue weighted by atomic mass is 10.0. The van der Waals surface area contributed by atoms with Crippen LogP contribution in [0.25, 0.3) is 0 Å². The summed E-state index contributed by atoms with van der Waals surface area (Å²) in [5, 5.41) is 4.89. The van der Waals surface area contributed by atoms with Gasteiger partial charge >= 0.3 is 18.2 Å². The molecule has 1 unspecified atom stereocenters. The number of esters is 1. The van der Waals surface area contributed by atoms with E-state index in [0.717, 1.165) is 0 Å². The van der Waals surface area contributed by atoms with E-state index in [9.17, 15) is 14.4 Å². The van der Waals surface area contributed by atoms with Crippen molar-refractivity contribution < 1.29 is 28.6 Å². The molecule has 0 aliphatic heterocycles. The topological polar surface area (TPSA) is 103 Å². The maximum absolute atomic E-state index is 11.6. The van der Waals surface area contributed by atoms with Crippen LogP contribution in [-0.2, 0) is 19.0 Å². The molecule has 0 rings (SSSR count). The molecule has 2 N–H and O–H groups in total. The van der Waals surface area contributed by atoms with Crippen molar-refractivity contribution in [3.8, 4) is 0 Å². The van der Waals surface area contributed by atoms with Crippen LogP contribution in [0.5, 0.6) is 0 Å². The molecule has 0 aromatic rings. The summed E-state index contributed by atoms with van der Waals surface area (Å²) in [6.07, 6.45) is -1.36. The number of nitrogens with one attached hydrogen (secondary N) is 2. The van der Waals surface area contributed by atoms with Crippen molar-refractivity contribution in [2.45, 2.75) is 39.3 Å². The molecule has 0 spiro atoms. The predicted octanol–water partition coefficient (Wildman–Crippen LogP) is 1.04. The number of hydrogen-bond acceptors (Lipinski definition) is 6. The van der Waals surface area contributed by atoms with Crippen LogP contribution in [0.15, 0.2) is 0 Å². The molecule has 0 heterocycles. The number of methoxy groups -OCH3 is 2. The molecule has 0 aromatic carbocycles. The Labute approximate surface area is 124 Å². The molecule has 122 valence electrons. The number of hydrogen-bond donors (Lipinski definition) is 2. The fraction of sp³-hybridized carbons (Fsp3) is 0.769. The van der Waals surface area contributed by atoms with Gasteiger partial charge < -0.3 is 24.8 Å². The van der Waals surface area contributed by atoms with Crippen molar-refractivity contribution in [2.24, 2.45) is 5.92 Å². The van der Waals surface area contributed by atoms with E-state index in [1.54, 1.807) is 27.7 Å². The minimum Gasteiger partial charge on any atom is -0.467 e. The van der Waals surface area contributed by atoms with Gasteiger partial charge in [-0.1, -0.05) is 6.92 Å². The average Bonchev–Trinajstić information content (AvgIpc) is 2.39. The number of alkyl carbamates (subject to hydrolysis) is 2. The summed E-state index contributed by atoms with van der Waals surface area (Å²) < 4.78 is 14.1. The van der Waals surface area contributed by atoms with Gasteiger partial charge in [-0.25, -0.2) is 14.4 Å². The first-order valence-electron chi connectivity index (χ1n) is 6.50. The molecule has 0 fully saturated rings. The number of carbonyl (C=O) groups excluding carboxylic acids is 3.